The molecule has 0 N–H and O–H groups in total. The maximum Gasteiger partial charge on any atom is 0.212 e. The number of rotatable bonds is 6. The Labute approximate surface area is 110 Å². The number of hydrogen-bond donors (Lipinski definition) is 0. The van der Waals surface area contributed by atoms with Crippen LogP contribution in [0.1, 0.15) is 47.5 Å². The Morgan fingerprint density at radius 2 is 1.89 bits per heavy atom. The summed E-state index contributed by atoms with van der Waals surface area (Å²) in [6.07, 6.45) is 2.03. The van der Waals surface area contributed by atoms with Crippen molar-refractivity contribution in [2.45, 2.75) is 77.8 Å². The van der Waals surface area contributed by atoms with Crippen LogP contribution in [0.5, 0.6) is 0 Å². The van der Waals surface area contributed by atoms with Crippen LogP contribution < -0.4 is 0 Å². The third-order valence-electron chi connectivity index (χ3n) is 3.23. The van der Waals surface area contributed by atoms with Crippen LogP contribution in [0.15, 0.2) is 0 Å². The van der Waals surface area contributed by atoms with Crippen molar-refractivity contribution in [2.24, 2.45) is 5.92 Å². The van der Waals surface area contributed by atoms with Crippen molar-refractivity contribution in [1.82, 2.24) is 0 Å². The van der Waals surface area contributed by atoms with Crippen LogP contribution in [0.2, 0.25) is 0 Å². The lowest BCUT2D eigenvalue weighted by molar-refractivity contribution is -0.142. The Kier molecular flexibility index (Phi) is 4.32. The fourth-order valence-corrected chi connectivity index (χ4v) is 2.69. The highest BCUT2D eigenvalue weighted by Crippen LogP contribution is 2.34. The molecule has 0 aromatic carbocycles. The van der Waals surface area contributed by atoms with Gasteiger partial charge in [-0.05, 0) is 33.1 Å². The zero-order valence-corrected chi connectivity index (χ0v) is 12.1. The zero-order chi connectivity index (χ0) is 13.3. The maximum absolute atomic E-state index is 6.12. The predicted molar refractivity (Wildman–Crippen MR) is 68.2 cm³/mol. The molecule has 2 heterocycles. The van der Waals surface area contributed by atoms with E-state index >= 15 is 0 Å². The van der Waals surface area contributed by atoms with Crippen molar-refractivity contribution in [3.8, 4) is 0 Å². The Morgan fingerprint density at radius 3 is 2.50 bits per heavy atom. The quantitative estimate of drug-likeness (QED) is 0.687. The SMILES string of the molecule is CC(C)CC(C)OC(C)(C)CC1COC2OC2O1. The first-order valence-corrected chi connectivity index (χ1v) is 6.96. The van der Waals surface area contributed by atoms with Crippen LogP contribution >= 0.6 is 0 Å². The minimum Gasteiger partial charge on any atom is -0.373 e. The molecule has 18 heavy (non-hydrogen) atoms. The molecule has 0 aliphatic carbocycles. The molecule has 0 radical (unpaired) electrons. The fraction of sp³-hybridized carbons (Fsp3) is 1.00. The summed E-state index contributed by atoms with van der Waals surface area (Å²) < 4.78 is 22.5. The summed E-state index contributed by atoms with van der Waals surface area (Å²) in [5.74, 6) is 0.658. The van der Waals surface area contributed by atoms with Gasteiger partial charge in [-0.3, -0.25) is 0 Å². The van der Waals surface area contributed by atoms with Gasteiger partial charge < -0.3 is 18.9 Å². The highest BCUT2D eigenvalue weighted by atomic mass is 16.9. The standard InChI is InChI=1S/C14H26O4/c1-9(2)6-10(3)18-14(4,5)7-11-8-15-12-13(16-11)17-12/h9-13H,6-8H2,1-5H3. The lowest BCUT2D eigenvalue weighted by Gasteiger charge is -2.33. The highest BCUT2D eigenvalue weighted by Gasteiger charge is 2.48. The van der Waals surface area contributed by atoms with Gasteiger partial charge in [0.15, 0.2) is 0 Å². The van der Waals surface area contributed by atoms with Crippen LogP contribution in [0.3, 0.4) is 0 Å². The third-order valence-corrected chi connectivity index (χ3v) is 3.23. The molecule has 4 unspecified atom stereocenters. The Bertz CT molecular complexity index is 277. The summed E-state index contributed by atoms with van der Waals surface area (Å²) in [4.78, 5) is 0. The average Bonchev–Trinajstić information content (AvgIpc) is 2.91. The molecular formula is C14H26O4. The number of fused-ring (bicyclic) bond motifs is 1. The van der Waals surface area contributed by atoms with Gasteiger partial charge in [0.05, 0.1) is 24.4 Å². The molecule has 4 atom stereocenters. The number of epoxide rings is 1. The molecule has 2 saturated heterocycles. The van der Waals surface area contributed by atoms with Gasteiger partial charge in [0, 0.05) is 6.42 Å². The second-order valence-corrected chi connectivity index (χ2v) is 6.49. The second kappa shape index (κ2) is 5.45. The molecule has 2 fully saturated rings. The molecule has 4 nitrogen and oxygen atoms in total. The topological polar surface area (TPSA) is 40.2 Å². The number of ether oxygens (including phenoxy) is 4. The first-order chi connectivity index (χ1) is 8.35. The molecular weight excluding hydrogens is 232 g/mol. The molecule has 0 saturated carbocycles. The first-order valence-electron chi connectivity index (χ1n) is 6.96. The summed E-state index contributed by atoms with van der Waals surface area (Å²) in [5, 5.41) is 0. The van der Waals surface area contributed by atoms with Crippen LogP contribution in [0.25, 0.3) is 0 Å². The van der Waals surface area contributed by atoms with E-state index in [1.165, 1.54) is 0 Å². The molecule has 106 valence electrons. The monoisotopic (exact) mass is 258 g/mol. The van der Waals surface area contributed by atoms with Crippen molar-refractivity contribution >= 4 is 0 Å². The minimum atomic E-state index is -0.190. The fourth-order valence-electron chi connectivity index (χ4n) is 2.69. The van der Waals surface area contributed by atoms with E-state index in [0.29, 0.717) is 12.5 Å². The smallest absolute Gasteiger partial charge is 0.212 e. The van der Waals surface area contributed by atoms with Crippen LogP contribution in [0, 0.1) is 5.92 Å². The van der Waals surface area contributed by atoms with Crippen molar-refractivity contribution < 1.29 is 18.9 Å². The van der Waals surface area contributed by atoms with Crippen molar-refractivity contribution in [3.63, 3.8) is 0 Å². The molecule has 2 aliphatic heterocycles. The van der Waals surface area contributed by atoms with E-state index in [0.717, 1.165) is 12.8 Å². The second-order valence-electron chi connectivity index (χ2n) is 6.49. The molecule has 0 aromatic heterocycles. The van der Waals surface area contributed by atoms with E-state index in [9.17, 15) is 0 Å². The summed E-state index contributed by atoms with van der Waals surface area (Å²) in [7, 11) is 0. The maximum atomic E-state index is 6.12. The summed E-state index contributed by atoms with van der Waals surface area (Å²) >= 11 is 0. The van der Waals surface area contributed by atoms with Gasteiger partial charge in [-0.15, -0.1) is 0 Å². The van der Waals surface area contributed by atoms with E-state index < -0.39 is 0 Å². The van der Waals surface area contributed by atoms with E-state index in [4.69, 9.17) is 18.9 Å². The van der Waals surface area contributed by atoms with Gasteiger partial charge in [0.1, 0.15) is 0 Å². The van der Waals surface area contributed by atoms with E-state index in [-0.39, 0.29) is 30.4 Å². The third kappa shape index (κ3) is 4.19. The van der Waals surface area contributed by atoms with Crippen molar-refractivity contribution in [1.29, 1.82) is 0 Å². The lowest BCUT2D eigenvalue weighted by atomic mass is 9.99. The lowest BCUT2D eigenvalue weighted by Crippen LogP contribution is -2.39. The Balaban J connectivity index is 1.75. The van der Waals surface area contributed by atoms with E-state index in [1.807, 2.05) is 0 Å². The largest absolute Gasteiger partial charge is 0.373 e. The molecule has 0 bridgehead atoms. The van der Waals surface area contributed by atoms with E-state index in [1.54, 1.807) is 0 Å². The number of hydrogen-bond acceptors (Lipinski definition) is 4. The summed E-state index contributed by atoms with van der Waals surface area (Å²) in [6, 6.07) is 0. The van der Waals surface area contributed by atoms with Crippen molar-refractivity contribution in [3.05, 3.63) is 0 Å². The van der Waals surface area contributed by atoms with Crippen molar-refractivity contribution in [2.75, 3.05) is 6.61 Å². The average molecular weight is 258 g/mol. The molecule has 0 aromatic rings. The highest BCUT2D eigenvalue weighted by molar-refractivity contribution is 4.82. The normalized spacial score (nSPS) is 33.3. The first kappa shape index (κ1) is 14.3. The van der Waals surface area contributed by atoms with Gasteiger partial charge >= 0.3 is 0 Å². The zero-order valence-electron chi connectivity index (χ0n) is 12.1. The molecule has 0 amide bonds. The molecule has 2 rings (SSSR count). The van der Waals surface area contributed by atoms with Gasteiger partial charge in [-0.2, -0.15) is 0 Å². The van der Waals surface area contributed by atoms with Crippen LogP contribution in [0.4, 0.5) is 0 Å². The van der Waals surface area contributed by atoms with Gasteiger partial charge in [0.25, 0.3) is 0 Å². The molecule has 0 spiro atoms. The molecule has 2 aliphatic rings. The predicted octanol–water partition coefficient (Wildman–Crippen LogP) is 2.70. The molecule has 4 heteroatoms. The van der Waals surface area contributed by atoms with Gasteiger partial charge in [-0.25, -0.2) is 0 Å². The summed E-state index contributed by atoms with van der Waals surface area (Å²) in [5.41, 5.74) is -0.190. The Hall–Kier alpha value is -0.160. The van der Waals surface area contributed by atoms with E-state index in [2.05, 4.69) is 34.6 Å². The van der Waals surface area contributed by atoms with Gasteiger partial charge in [-0.1, -0.05) is 13.8 Å². The summed E-state index contributed by atoms with van der Waals surface area (Å²) in [6.45, 7) is 11.4. The van der Waals surface area contributed by atoms with Crippen LogP contribution in [-0.4, -0.2) is 37.0 Å². The Morgan fingerprint density at radius 1 is 1.17 bits per heavy atom. The van der Waals surface area contributed by atoms with Crippen LogP contribution in [-0.2, 0) is 18.9 Å². The minimum absolute atomic E-state index is 0.0787. The van der Waals surface area contributed by atoms with Gasteiger partial charge in [0.2, 0.25) is 12.6 Å².